The Kier molecular flexibility index (Phi) is 9.00. The molecule has 0 aliphatic rings. The van der Waals surface area contributed by atoms with E-state index in [0.29, 0.717) is 5.75 Å². The zero-order valence-corrected chi connectivity index (χ0v) is 21.6. The number of hydrogen-bond donors (Lipinski definition) is 1. The van der Waals surface area contributed by atoms with Gasteiger partial charge in [0, 0.05) is 19.1 Å². The number of nitrogens with one attached hydrogen (secondary N) is 1. The van der Waals surface area contributed by atoms with Gasteiger partial charge in [-0.15, -0.1) is 0 Å². The zero-order valence-electron chi connectivity index (χ0n) is 18.4. The standard InChI is InChI=1S/C20H25Cl2N3O6S2/c1-14(25(32(4,27)28)19-13-15(21)5-10-18(19)22)20(26)23-11-12-31-16-6-8-17(9-7-16)33(29,30)24(2)3/h5-10,13-14H,11-12H2,1-4H3,(H,23,26)/t14-/m1/s1. The van der Waals surface area contributed by atoms with Gasteiger partial charge in [-0.1, -0.05) is 23.2 Å². The van der Waals surface area contributed by atoms with Gasteiger partial charge in [0.15, 0.2) is 0 Å². The van der Waals surface area contributed by atoms with Crippen LogP contribution in [0.1, 0.15) is 6.92 Å². The van der Waals surface area contributed by atoms with E-state index in [1.54, 1.807) is 0 Å². The normalized spacial score (nSPS) is 12.9. The van der Waals surface area contributed by atoms with Crippen LogP contribution in [0.3, 0.4) is 0 Å². The molecule has 182 valence electrons. The number of ether oxygens (including phenoxy) is 1. The first-order valence-electron chi connectivity index (χ1n) is 9.62. The number of carbonyl (C=O) groups excluding carboxylic acids is 1. The van der Waals surface area contributed by atoms with Crippen molar-refractivity contribution < 1.29 is 26.4 Å². The summed E-state index contributed by atoms with van der Waals surface area (Å²) in [4.78, 5) is 12.7. The number of halogens is 2. The molecule has 13 heteroatoms. The Morgan fingerprint density at radius 1 is 1.06 bits per heavy atom. The summed E-state index contributed by atoms with van der Waals surface area (Å²) in [5, 5.41) is 3.01. The predicted molar refractivity (Wildman–Crippen MR) is 129 cm³/mol. The van der Waals surface area contributed by atoms with Crippen LogP contribution in [0.2, 0.25) is 10.0 Å². The minimum Gasteiger partial charge on any atom is -0.492 e. The fourth-order valence-electron chi connectivity index (χ4n) is 2.85. The van der Waals surface area contributed by atoms with Crippen LogP contribution in [0, 0.1) is 0 Å². The first kappa shape index (κ1) is 27.2. The summed E-state index contributed by atoms with van der Waals surface area (Å²) >= 11 is 12.1. The van der Waals surface area contributed by atoms with Gasteiger partial charge in [0.25, 0.3) is 0 Å². The Morgan fingerprint density at radius 3 is 2.21 bits per heavy atom. The highest BCUT2D eigenvalue weighted by atomic mass is 35.5. The molecule has 1 atom stereocenters. The second-order valence-corrected chi connectivity index (χ2v) is 12.1. The van der Waals surface area contributed by atoms with Crippen LogP contribution in [0.25, 0.3) is 0 Å². The SMILES string of the molecule is C[C@H](C(=O)NCCOc1ccc(S(=O)(=O)N(C)C)cc1)N(c1cc(Cl)ccc1Cl)S(C)(=O)=O. The van der Waals surface area contributed by atoms with E-state index in [4.69, 9.17) is 27.9 Å². The van der Waals surface area contributed by atoms with E-state index < -0.39 is 32.0 Å². The molecule has 1 N–H and O–H groups in total. The van der Waals surface area contributed by atoms with Crippen LogP contribution in [0.5, 0.6) is 5.75 Å². The summed E-state index contributed by atoms with van der Waals surface area (Å²) < 4.78 is 56.4. The Bertz CT molecular complexity index is 1200. The third kappa shape index (κ3) is 6.97. The van der Waals surface area contributed by atoms with E-state index in [9.17, 15) is 21.6 Å². The minimum atomic E-state index is -3.85. The molecule has 0 aliphatic heterocycles. The highest BCUT2D eigenvalue weighted by molar-refractivity contribution is 7.92. The van der Waals surface area contributed by atoms with E-state index in [2.05, 4.69) is 5.32 Å². The van der Waals surface area contributed by atoms with Gasteiger partial charge < -0.3 is 10.1 Å². The lowest BCUT2D eigenvalue weighted by atomic mass is 10.2. The van der Waals surface area contributed by atoms with Crippen LogP contribution < -0.4 is 14.4 Å². The molecular formula is C20H25Cl2N3O6S2. The molecule has 0 spiro atoms. The smallest absolute Gasteiger partial charge is 0.243 e. The van der Waals surface area contributed by atoms with Gasteiger partial charge in [-0.25, -0.2) is 21.1 Å². The highest BCUT2D eigenvalue weighted by Crippen LogP contribution is 2.32. The maximum atomic E-state index is 12.6. The number of nitrogens with zero attached hydrogens (tertiary/aromatic N) is 2. The molecule has 33 heavy (non-hydrogen) atoms. The number of sulfonamides is 2. The van der Waals surface area contributed by atoms with Crippen molar-refractivity contribution in [3.05, 3.63) is 52.5 Å². The molecule has 1 amide bonds. The van der Waals surface area contributed by atoms with E-state index in [0.717, 1.165) is 14.9 Å². The molecule has 0 saturated carbocycles. The monoisotopic (exact) mass is 537 g/mol. The number of amides is 1. The van der Waals surface area contributed by atoms with Gasteiger partial charge in [-0.05, 0) is 49.4 Å². The third-order valence-electron chi connectivity index (χ3n) is 4.51. The topological polar surface area (TPSA) is 113 Å². The number of hydrogen-bond acceptors (Lipinski definition) is 6. The summed E-state index contributed by atoms with van der Waals surface area (Å²) in [5.41, 5.74) is 0.0957. The molecule has 2 aromatic rings. The molecule has 0 saturated heterocycles. The maximum absolute atomic E-state index is 12.6. The highest BCUT2D eigenvalue weighted by Gasteiger charge is 2.30. The molecule has 9 nitrogen and oxygen atoms in total. The fraction of sp³-hybridized carbons (Fsp3) is 0.350. The molecule has 0 fully saturated rings. The zero-order chi connectivity index (χ0) is 25.0. The Labute approximate surface area is 204 Å². The molecule has 0 radical (unpaired) electrons. The number of anilines is 1. The van der Waals surface area contributed by atoms with E-state index in [-0.39, 0.29) is 33.8 Å². The van der Waals surface area contributed by atoms with Crippen molar-refractivity contribution in [3.8, 4) is 5.75 Å². The molecule has 0 aliphatic carbocycles. The number of rotatable bonds is 10. The van der Waals surface area contributed by atoms with Crippen molar-refractivity contribution in [3.63, 3.8) is 0 Å². The van der Waals surface area contributed by atoms with E-state index in [1.165, 1.54) is 63.5 Å². The van der Waals surface area contributed by atoms with E-state index >= 15 is 0 Å². The largest absolute Gasteiger partial charge is 0.492 e. The summed E-state index contributed by atoms with van der Waals surface area (Å²) in [5.74, 6) is -0.147. The quantitative estimate of drug-likeness (QED) is 0.466. The molecule has 0 heterocycles. The predicted octanol–water partition coefficient (Wildman–Crippen LogP) is 2.59. The summed E-state index contributed by atoms with van der Waals surface area (Å²) in [6, 6.07) is 9.09. The molecule has 2 aromatic carbocycles. The fourth-order valence-corrected chi connectivity index (χ4v) is 5.35. The maximum Gasteiger partial charge on any atom is 0.243 e. The first-order valence-corrected chi connectivity index (χ1v) is 13.7. The van der Waals surface area contributed by atoms with Gasteiger partial charge in [0.05, 0.1) is 28.4 Å². The lowest BCUT2D eigenvalue weighted by Crippen LogP contribution is -2.48. The van der Waals surface area contributed by atoms with E-state index in [1.807, 2.05) is 0 Å². The molecule has 0 aromatic heterocycles. The third-order valence-corrected chi connectivity index (χ3v) is 8.12. The van der Waals surface area contributed by atoms with Crippen molar-refractivity contribution in [2.75, 3.05) is 37.8 Å². The van der Waals surface area contributed by atoms with Crippen molar-refractivity contribution in [2.45, 2.75) is 17.9 Å². The Balaban J connectivity index is 2.00. The van der Waals surface area contributed by atoms with Crippen molar-refractivity contribution >= 4 is 54.8 Å². The van der Waals surface area contributed by atoms with Crippen molar-refractivity contribution in [2.24, 2.45) is 0 Å². The molecule has 0 bridgehead atoms. The summed E-state index contributed by atoms with van der Waals surface area (Å²) in [6.45, 7) is 1.59. The average Bonchev–Trinajstić information content (AvgIpc) is 2.72. The van der Waals surface area contributed by atoms with Gasteiger partial charge in [-0.3, -0.25) is 9.10 Å². The first-order chi connectivity index (χ1) is 15.2. The average molecular weight is 538 g/mol. The number of benzene rings is 2. The second-order valence-electron chi connectivity index (χ2n) is 7.23. The van der Waals surface area contributed by atoms with Crippen LogP contribution >= 0.6 is 23.2 Å². The van der Waals surface area contributed by atoms with Crippen LogP contribution in [-0.4, -0.2) is 66.6 Å². The summed E-state index contributed by atoms with van der Waals surface area (Å²) in [6.07, 6.45) is 0.970. The number of carbonyl (C=O) groups is 1. The van der Waals surface area contributed by atoms with Gasteiger partial charge in [0.2, 0.25) is 26.0 Å². The second kappa shape index (κ2) is 10.9. The van der Waals surface area contributed by atoms with Crippen molar-refractivity contribution in [1.29, 1.82) is 0 Å². The summed E-state index contributed by atoms with van der Waals surface area (Å²) in [7, 11) is -4.51. The minimum absolute atomic E-state index is 0.0784. The molecule has 0 unspecified atom stereocenters. The van der Waals surface area contributed by atoms with Crippen LogP contribution in [0.4, 0.5) is 5.69 Å². The molecule has 2 rings (SSSR count). The Morgan fingerprint density at radius 2 is 1.67 bits per heavy atom. The van der Waals surface area contributed by atoms with Gasteiger partial charge in [-0.2, -0.15) is 0 Å². The lowest BCUT2D eigenvalue weighted by molar-refractivity contribution is -0.121. The van der Waals surface area contributed by atoms with Crippen molar-refractivity contribution in [1.82, 2.24) is 9.62 Å². The van der Waals surface area contributed by atoms with Crippen LogP contribution in [0.15, 0.2) is 47.4 Å². The van der Waals surface area contributed by atoms with Gasteiger partial charge in [0.1, 0.15) is 18.4 Å². The van der Waals surface area contributed by atoms with Crippen LogP contribution in [-0.2, 0) is 24.8 Å². The molecular weight excluding hydrogens is 513 g/mol. The lowest BCUT2D eigenvalue weighted by Gasteiger charge is -2.29. The Hall–Kier alpha value is -2.05. The van der Waals surface area contributed by atoms with Gasteiger partial charge >= 0.3 is 0 Å².